The van der Waals surface area contributed by atoms with Crippen LogP contribution in [0, 0.1) is 0 Å². The van der Waals surface area contributed by atoms with Gasteiger partial charge in [0.05, 0.1) is 0 Å². The van der Waals surface area contributed by atoms with E-state index < -0.39 is 30.7 Å². The second kappa shape index (κ2) is 3.97. The first-order valence-electron chi connectivity index (χ1n) is 4.21. The highest BCUT2D eigenvalue weighted by Gasteiger charge is 2.68. The summed E-state index contributed by atoms with van der Waals surface area (Å²) in [5.74, 6) is -5.74. The first kappa shape index (κ1) is 14.5. The van der Waals surface area contributed by atoms with Crippen LogP contribution in [0.3, 0.4) is 0 Å². The summed E-state index contributed by atoms with van der Waals surface area (Å²) < 4.78 is 80.8. The smallest absolute Gasteiger partial charge is 0.309 e. The van der Waals surface area contributed by atoms with Gasteiger partial charge in [-0.25, -0.2) is 0 Å². The Morgan fingerprint density at radius 1 is 1.00 bits per heavy atom. The average molecular weight is 270 g/mol. The summed E-state index contributed by atoms with van der Waals surface area (Å²) in [4.78, 5) is 7.86. The van der Waals surface area contributed by atoms with Gasteiger partial charge < -0.3 is 4.74 Å². The number of hydrogen-bond donors (Lipinski definition) is 0. The van der Waals surface area contributed by atoms with Gasteiger partial charge in [0, 0.05) is 0 Å². The van der Waals surface area contributed by atoms with E-state index in [2.05, 4.69) is 19.2 Å². The predicted octanol–water partition coefficient (Wildman–Crippen LogP) is 2.50. The zero-order valence-corrected chi connectivity index (χ0v) is 8.61. The molecular formula is C7H8F6O4. The molecule has 0 aromatic carbocycles. The standard InChI is InChI=1S/C7H8F6O4/c1-4(2)15-7(17-16-4,6(11,12)13)14-3-5(8,9)10/h3H2,1-2H3. The highest BCUT2D eigenvalue weighted by Crippen LogP contribution is 2.45. The fourth-order valence-corrected chi connectivity index (χ4v) is 0.930. The van der Waals surface area contributed by atoms with Gasteiger partial charge >= 0.3 is 18.3 Å². The molecule has 0 spiro atoms. The Labute approximate surface area is 91.3 Å². The predicted molar refractivity (Wildman–Crippen MR) is 38.1 cm³/mol. The summed E-state index contributed by atoms with van der Waals surface area (Å²) >= 11 is 0. The maximum Gasteiger partial charge on any atom is 0.475 e. The molecule has 0 bridgehead atoms. The van der Waals surface area contributed by atoms with Crippen molar-refractivity contribution in [2.24, 2.45) is 0 Å². The number of rotatable bonds is 2. The first-order chi connectivity index (χ1) is 7.37. The van der Waals surface area contributed by atoms with Crippen LogP contribution in [0.2, 0.25) is 0 Å². The molecule has 1 fully saturated rings. The van der Waals surface area contributed by atoms with Gasteiger partial charge in [0.25, 0.3) is 0 Å². The van der Waals surface area contributed by atoms with Crippen LogP contribution in [0.4, 0.5) is 26.3 Å². The Morgan fingerprint density at radius 3 is 1.82 bits per heavy atom. The molecule has 0 aromatic rings. The van der Waals surface area contributed by atoms with E-state index >= 15 is 0 Å². The number of alkyl halides is 6. The van der Waals surface area contributed by atoms with Crippen LogP contribution in [-0.2, 0) is 19.2 Å². The molecule has 0 aromatic heterocycles. The number of halogens is 6. The minimum atomic E-state index is -5.34. The van der Waals surface area contributed by atoms with E-state index in [-0.39, 0.29) is 0 Å². The summed E-state index contributed by atoms with van der Waals surface area (Å²) in [7, 11) is 0. The normalized spacial score (nSPS) is 29.6. The lowest BCUT2D eigenvalue weighted by Crippen LogP contribution is -2.51. The molecule has 0 N–H and O–H groups in total. The van der Waals surface area contributed by atoms with Crippen molar-refractivity contribution in [3.8, 4) is 0 Å². The molecule has 0 aliphatic carbocycles. The molecule has 0 saturated carbocycles. The molecule has 0 radical (unpaired) electrons. The summed E-state index contributed by atoms with van der Waals surface area (Å²) in [5, 5.41) is 0. The van der Waals surface area contributed by atoms with Crippen molar-refractivity contribution in [2.75, 3.05) is 6.61 Å². The first-order valence-corrected chi connectivity index (χ1v) is 4.21. The average Bonchev–Trinajstić information content (AvgIpc) is 2.37. The van der Waals surface area contributed by atoms with Crippen LogP contribution in [0.15, 0.2) is 0 Å². The lowest BCUT2D eigenvalue weighted by Gasteiger charge is -2.28. The molecule has 0 amide bonds. The molecule has 1 aliphatic rings. The Hall–Kier alpha value is -0.580. The van der Waals surface area contributed by atoms with E-state index in [0.29, 0.717) is 0 Å². The zero-order valence-electron chi connectivity index (χ0n) is 8.61. The fraction of sp³-hybridized carbons (Fsp3) is 1.00. The second-order valence-corrected chi connectivity index (χ2v) is 3.63. The van der Waals surface area contributed by atoms with E-state index in [0.717, 1.165) is 13.8 Å². The minimum absolute atomic E-state index is 1.03. The van der Waals surface area contributed by atoms with Gasteiger partial charge in [-0.15, -0.1) is 0 Å². The summed E-state index contributed by atoms with van der Waals surface area (Å²) in [5.41, 5.74) is 0. The SMILES string of the molecule is CC1(C)OOC(OCC(F)(F)F)(C(F)(F)F)O1. The Balaban J connectivity index is 2.84. The summed E-state index contributed by atoms with van der Waals surface area (Å²) in [6.45, 7) is -0.138. The third kappa shape index (κ3) is 3.44. The van der Waals surface area contributed by atoms with Crippen molar-refractivity contribution in [3.05, 3.63) is 0 Å². The molecule has 1 rings (SSSR count). The van der Waals surface area contributed by atoms with E-state index in [1.807, 2.05) is 0 Å². The van der Waals surface area contributed by atoms with Crippen molar-refractivity contribution in [3.63, 3.8) is 0 Å². The maximum absolute atomic E-state index is 12.5. The molecule has 102 valence electrons. The van der Waals surface area contributed by atoms with Gasteiger partial charge in [-0.1, -0.05) is 0 Å². The third-order valence-electron chi connectivity index (χ3n) is 1.51. The van der Waals surface area contributed by atoms with Crippen LogP contribution >= 0.6 is 0 Å². The van der Waals surface area contributed by atoms with E-state index in [1.165, 1.54) is 0 Å². The van der Waals surface area contributed by atoms with Crippen LogP contribution < -0.4 is 0 Å². The van der Waals surface area contributed by atoms with Crippen molar-refractivity contribution < 1.29 is 45.6 Å². The van der Waals surface area contributed by atoms with Crippen LogP contribution in [0.1, 0.15) is 13.8 Å². The quantitative estimate of drug-likeness (QED) is 0.570. The number of hydrogen-bond acceptors (Lipinski definition) is 4. The van der Waals surface area contributed by atoms with Crippen molar-refractivity contribution in [2.45, 2.75) is 38.0 Å². The molecule has 1 aliphatic heterocycles. The Bertz CT molecular complexity index is 285. The summed E-state index contributed by atoms with van der Waals surface area (Å²) in [6, 6.07) is 0. The van der Waals surface area contributed by atoms with Gasteiger partial charge in [0.15, 0.2) is 0 Å². The third-order valence-corrected chi connectivity index (χ3v) is 1.51. The van der Waals surface area contributed by atoms with Gasteiger partial charge in [0.1, 0.15) is 6.61 Å². The monoisotopic (exact) mass is 270 g/mol. The Morgan fingerprint density at radius 2 is 1.53 bits per heavy atom. The second-order valence-electron chi connectivity index (χ2n) is 3.63. The van der Waals surface area contributed by atoms with Gasteiger partial charge in [-0.2, -0.15) is 36.1 Å². The van der Waals surface area contributed by atoms with Crippen molar-refractivity contribution in [1.82, 2.24) is 0 Å². The molecule has 1 unspecified atom stereocenters. The fourth-order valence-electron chi connectivity index (χ4n) is 0.930. The largest absolute Gasteiger partial charge is 0.475 e. The lowest BCUT2D eigenvalue weighted by atomic mass is 10.4. The van der Waals surface area contributed by atoms with E-state index in [4.69, 9.17) is 0 Å². The maximum atomic E-state index is 12.5. The highest BCUT2D eigenvalue weighted by atomic mass is 19.4. The molecule has 4 nitrogen and oxygen atoms in total. The topological polar surface area (TPSA) is 36.9 Å². The van der Waals surface area contributed by atoms with E-state index in [1.54, 1.807) is 0 Å². The zero-order chi connectivity index (χ0) is 13.5. The van der Waals surface area contributed by atoms with Crippen LogP contribution in [0.5, 0.6) is 0 Å². The van der Waals surface area contributed by atoms with Crippen molar-refractivity contribution >= 4 is 0 Å². The van der Waals surface area contributed by atoms with Gasteiger partial charge in [-0.3, -0.25) is 4.74 Å². The number of ether oxygens (including phenoxy) is 2. The van der Waals surface area contributed by atoms with Gasteiger partial charge in [0.2, 0.25) is 5.79 Å². The van der Waals surface area contributed by atoms with Crippen LogP contribution in [-0.4, -0.2) is 30.7 Å². The molecular weight excluding hydrogens is 262 g/mol. The van der Waals surface area contributed by atoms with Gasteiger partial charge in [-0.05, 0) is 13.8 Å². The molecule has 1 saturated heterocycles. The van der Waals surface area contributed by atoms with Crippen LogP contribution in [0.25, 0.3) is 0 Å². The highest BCUT2D eigenvalue weighted by molar-refractivity contribution is 4.75. The summed E-state index contributed by atoms with van der Waals surface area (Å²) in [6.07, 6.45) is -10.3. The van der Waals surface area contributed by atoms with Crippen molar-refractivity contribution in [1.29, 1.82) is 0 Å². The molecule has 1 atom stereocenters. The molecule has 17 heavy (non-hydrogen) atoms. The van der Waals surface area contributed by atoms with E-state index in [9.17, 15) is 26.3 Å². The Kier molecular flexibility index (Phi) is 3.38. The molecule has 1 heterocycles. The minimum Gasteiger partial charge on any atom is -0.309 e. The molecule has 10 heteroatoms. The lowest BCUT2D eigenvalue weighted by molar-refractivity contribution is -0.503.